The molecular weight excluding hydrogens is 241 g/mol. The molecule has 1 aromatic carbocycles. The maximum Gasteiger partial charge on any atom is 0.307 e. The van der Waals surface area contributed by atoms with E-state index in [0.29, 0.717) is 0 Å². The van der Waals surface area contributed by atoms with Gasteiger partial charge in [-0.05, 0) is 23.3 Å². The van der Waals surface area contributed by atoms with Crippen LogP contribution in [0.25, 0.3) is 0 Å². The van der Waals surface area contributed by atoms with Crippen molar-refractivity contribution in [1.29, 1.82) is 5.26 Å². The highest BCUT2D eigenvalue weighted by molar-refractivity contribution is 5.70. The molecule has 0 radical (unpaired) electrons. The number of hydrogen-bond donors (Lipinski definition) is 3. The zero-order chi connectivity index (χ0) is 13.7. The second-order valence-electron chi connectivity index (χ2n) is 3.79. The molecule has 0 bridgehead atoms. The summed E-state index contributed by atoms with van der Waals surface area (Å²) >= 11 is 0. The number of rotatable bonds is 5. The number of nitrogens with zero attached hydrogens (tertiary/aromatic N) is 1. The summed E-state index contributed by atoms with van der Waals surface area (Å²) in [5.41, 5.74) is 0.188. The molecule has 1 rings (SSSR count). The number of carboxylic acid groups (broad SMARTS) is 1. The Kier molecular flexibility index (Phi) is 4.77. The van der Waals surface area contributed by atoms with Gasteiger partial charge in [0.15, 0.2) is 0 Å². The van der Waals surface area contributed by atoms with Gasteiger partial charge in [-0.15, -0.1) is 0 Å². The maximum absolute atomic E-state index is 13.1. The van der Waals surface area contributed by atoms with Gasteiger partial charge < -0.3 is 15.3 Å². The zero-order valence-corrected chi connectivity index (χ0v) is 9.38. The summed E-state index contributed by atoms with van der Waals surface area (Å²) in [6, 6.07) is 4.95. The van der Waals surface area contributed by atoms with Gasteiger partial charge in [-0.25, -0.2) is 4.39 Å². The fourth-order valence-corrected chi connectivity index (χ4v) is 1.58. The van der Waals surface area contributed by atoms with E-state index in [2.05, 4.69) is 0 Å². The molecule has 18 heavy (non-hydrogen) atoms. The SMILES string of the molecule is N#CCC(O)C(O)c1cc(F)ccc1CC(=O)O. The van der Waals surface area contributed by atoms with E-state index in [1.54, 1.807) is 6.07 Å². The molecule has 0 saturated carbocycles. The number of aliphatic hydroxyl groups is 2. The third-order valence-corrected chi connectivity index (χ3v) is 2.43. The van der Waals surface area contributed by atoms with Crippen LogP contribution in [0.3, 0.4) is 0 Å². The molecule has 0 spiro atoms. The van der Waals surface area contributed by atoms with Gasteiger partial charge in [-0.3, -0.25) is 4.79 Å². The monoisotopic (exact) mass is 253 g/mol. The van der Waals surface area contributed by atoms with Gasteiger partial charge in [-0.1, -0.05) is 6.07 Å². The van der Waals surface area contributed by atoms with Crippen LogP contribution in [0.4, 0.5) is 4.39 Å². The van der Waals surface area contributed by atoms with E-state index in [0.717, 1.165) is 12.1 Å². The van der Waals surface area contributed by atoms with Gasteiger partial charge in [0.1, 0.15) is 11.9 Å². The Balaban J connectivity index is 3.08. The molecule has 0 aliphatic heterocycles. The van der Waals surface area contributed by atoms with Crippen LogP contribution in [0.2, 0.25) is 0 Å². The number of halogens is 1. The highest BCUT2D eigenvalue weighted by Crippen LogP contribution is 2.24. The maximum atomic E-state index is 13.1. The highest BCUT2D eigenvalue weighted by atomic mass is 19.1. The molecular formula is C12H12FNO4. The highest BCUT2D eigenvalue weighted by Gasteiger charge is 2.22. The van der Waals surface area contributed by atoms with E-state index >= 15 is 0 Å². The molecule has 2 unspecified atom stereocenters. The van der Waals surface area contributed by atoms with Gasteiger partial charge in [0.05, 0.1) is 25.0 Å². The lowest BCUT2D eigenvalue weighted by Gasteiger charge is -2.18. The number of nitriles is 1. The second-order valence-corrected chi connectivity index (χ2v) is 3.79. The fraction of sp³-hybridized carbons (Fsp3) is 0.333. The molecule has 0 fully saturated rings. The zero-order valence-electron chi connectivity index (χ0n) is 9.38. The summed E-state index contributed by atoms with van der Waals surface area (Å²) in [6.45, 7) is 0. The average Bonchev–Trinajstić information content (AvgIpc) is 2.30. The first-order valence-corrected chi connectivity index (χ1v) is 5.19. The molecule has 5 nitrogen and oxygen atoms in total. The lowest BCUT2D eigenvalue weighted by Crippen LogP contribution is -2.20. The molecule has 2 atom stereocenters. The van der Waals surface area contributed by atoms with Crippen molar-refractivity contribution in [3.63, 3.8) is 0 Å². The van der Waals surface area contributed by atoms with Crippen molar-refractivity contribution < 1.29 is 24.5 Å². The van der Waals surface area contributed by atoms with Gasteiger partial charge in [0.2, 0.25) is 0 Å². The Bertz CT molecular complexity index is 483. The summed E-state index contributed by atoms with van der Waals surface area (Å²) in [5, 5.41) is 36.4. The largest absolute Gasteiger partial charge is 0.481 e. The van der Waals surface area contributed by atoms with E-state index in [-0.39, 0.29) is 17.5 Å². The van der Waals surface area contributed by atoms with Crippen LogP contribution in [0, 0.1) is 17.1 Å². The van der Waals surface area contributed by atoms with Crippen LogP contribution < -0.4 is 0 Å². The first-order chi connectivity index (χ1) is 8.45. The van der Waals surface area contributed by atoms with Gasteiger partial charge in [-0.2, -0.15) is 5.26 Å². The second kappa shape index (κ2) is 6.10. The molecule has 0 amide bonds. The van der Waals surface area contributed by atoms with Crippen LogP contribution in [0.15, 0.2) is 18.2 Å². The van der Waals surface area contributed by atoms with Crippen molar-refractivity contribution in [3.05, 3.63) is 35.1 Å². The summed E-state index contributed by atoms with van der Waals surface area (Å²) in [5.74, 6) is -1.79. The minimum absolute atomic E-state index is 0.0137. The molecule has 1 aromatic rings. The molecule has 0 heterocycles. The normalized spacial score (nSPS) is 13.7. The third-order valence-electron chi connectivity index (χ3n) is 2.43. The van der Waals surface area contributed by atoms with Crippen LogP contribution in [-0.4, -0.2) is 27.4 Å². The predicted octanol–water partition coefficient (Wildman–Crippen LogP) is 0.761. The van der Waals surface area contributed by atoms with Crippen LogP contribution in [0.5, 0.6) is 0 Å². The predicted molar refractivity (Wildman–Crippen MR) is 58.9 cm³/mol. The Hall–Kier alpha value is -1.97. The summed E-state index contributed by atoms with van der Waals surface area (Å²) in [4.78, 5) is 10.6. The number of aliphatic hydroxyl groups excluding tert-OH is 2. The third kappa shape index (κ3) is 3.52. The van der Waals surface area contributed by atoms with E-state index in [4.69, 9.17) is 10.4 Å². The van der Waals surface area contributed by atoms with Gasteiger partial charge in [0, 0.05) is 0 Å². The number of hydrogen-bond acceptors (Lipinski definition) is 4. The quantitative estimate of drug-likeness (QED) is 0.719. The van der Waals surface area contributed by atoms with Crippen molar-refractivity contribution in [3.8, 4) is 6.07 Å². The summed E-state index contributed by atoms with van der Waals surface area (Å²) < 4.78 is 13.1. The van der Waals surface area contributed by atoms with Crippen LogP contribution in [-0.2, 0) is 11.2 Å². The summed E-state index contributed by atoms with van der Waals surface area (Å²) in [6.07, 6.45) is -3.60. The average molecular weight is 253 g/mol. The fourth-order valence-electron chi connectivity index (χ4n) is 1.58. The Morgan fingerprint density at radius 2 is 2.11 bits per heavy atom. The van der Waals surface area contributed by atoms with Gasteiger partial charge in [0.25, 0.3) is 0 Å². The Morgan fingerprint density at radius 3 is 2.67 bits per heavy atom. The van der Waals surface area contributed by atoms with Crippen molar-refractivity contribution in [2.75, 3.05) is 0 Å². The topological polar surface area (TPSA) is 102 Å². The molecule has 96 valence electrons. The lowest BCUT2D eigenvalue weighted by atomic mass is 9.95. The van der Waals surface area contributed by atoms with Crippen molar-refractivity contribution in [2.45, 2.75) is 25.0 Å². The first kappa shape index (κ1) is 14.1. The number of carbonyl (C=O) groups is 1. The molecule has 0 aliphatic carbocycles. The Labute approximate surface area is 103 Å². The minimum Gasteiger partial charge on any atom is -0.481 e. The molecule has 0 saturated heterocycles. The number of aliphatic carboxylic acids is 1. The van der Waals surface area contributed by atoms with Crippen LogP contribution in [0.1, 0.15) is 23.7 Å². The van der Waals surface area contributed by atoms with Crippen molar-refractivity contribution >= 4 is 5.97 Å². The number of benzene rings is 1. The van der Waals surface area contributed by atoms with Crippen LogP contribution >= 0.6 is 0 Å². The smallest absolute Gasteiger partial charge is 0.307 e. The van der Waals surface area contributed by atoms with Crippen molar-refractivity contribution in [2.24, 2.45) is 0 Å². The van der Waals surface area contributed by atoms with E-state index in [1.807, 2.05) is 0 Å². The Morgan fingerprint density at radius 1 is 1.44 bits per heavy atom. The van der Waals surface area contributed by atoms with E-state index < -0.39 is 30.4 Å². The van der Waals surface area contributed by atoms with E-state index in [9.17, 15) is 19.4 Å². The summed E-state index contributed by atoms with van der Waals surface area (Å²) in [7, 11) is 0. The van der Waals surface area contributed by atoms with Gasteiger partial charge >= 0.3 is 5.97 Å². The molecule has 6 heteroatoms. The number of carboxylic acids is 1. The molecule has 3 N–H and O–H groups in total. The standard InChI is InChI=1S/C12H12FNO4/c13-8-2-1-7(5-11(16)17)9(6-8)12(18)10(15)3-4-14/h1-2,6,10,12,15,18H,3,5H2,(H,16,17). The molecule has 0 aromatic heterocycles. The molecule has 0 aliphatic rings. The first-order valence-electron chi connectivity index (χ1n) is 5.19. The van der Waals surface area contributed by atoms with Crippen molar-refractivity contribution in [1.82, 2.24) is 0 Å². The lowest BCUT2D eigenvalue weighted by molar-refractivity contribution is -0.136. The van der Waals surface area contributed by atoms with E-state index in [1.165, 1.54) is 6.07 Å². The minimum atomic E-state index is -1.49.